The molecule has 1 heterocycles. The van der Waals surface area contributed by atoms with Gasteiger partial charge in [-0.1, -0.05) is 6.92 Å². The van der Waals surface area contributed by atoms with Gasteiger partial charge in [0.1, 0.15) is 6.10 Å². The third-order valence-electron chi connectivity index (χ3n) is 2.93. The van der Waals surface area contributed by atoms with Gasteiger partial charge in [0.2, 0.25) is 5.91 Å². The first-order valence-corrected chi connectivity index (χ1v) is 6.30. The second-order valence-corrected chi connectivity index (χ2v) is 4.62. The maximum Gasteiger partial charge on any atom is 0.251 e. The van der Waals surface area contributed by atoms with E-state index < -0.39 is 6.10 Å². The summed E-state index contributed by atoms with van der Waals surface area (Å²) >= 11 is 0. The number of aliphatic hydroxyl groups excluding tert-OH is 1. The molecule has 2 N–H and O–H groups in total. The molecule has 17 heavy (non-hydrogen) atoms. The molecule has 0 aliphatic carbocycles. The number of likely N-dealkylation sites (tertiary alicyclic amines) is 1. The Labute approximate surface area is 102 Å². The summed E-state index contributed by atoms with van der Waals surface area (Å²) in [6.45, 7) is 4.62. The van der Waals surface area contributed by atoms with E-state index in [9.17, 15) is 14.7 Å². The van der Waals surface area contributed by atoms with Gasteiger partial charge >= 0.3 is 0 Å². The molecular formula is C12H22N2O3. The van der Waals surface area contributed by atoms with Crippen molar-refractivity contribution in [1.29, 1.82) is 0 Å². The number of rotatable bonds is 4. The number of carbonyl (C=O) groups excluding carboxylic acids is 2. The summed E-state index contributed by atoms with van der Waals surface area (Å²) in [5.74, 6) is -0.205. The molecule has 1 aliphatic rings. The highest BCUT2D eigenvalue weighted by Crippen LogP contribution is 2.11. The van der Waals surface area contributed by atoms with Gasteiger partial charge in [0.25, 0.3) is 5.91 Å². The second-order valence-electron chi connectivity index (χ2n) is 4.62. The van der Waals surface area contributed by atoms with Gasteiger partial charge < -0.3 is 15.3 Å². The molecule has 0 spiro atoms. The Balaban J connectivity index is 2.43. The lowest BCUT2D eigenvalue weighted by Crippen LogP contribution is -2.51. The molecule has 0 radical (unpaired) electrons. The highest BCUT2D eigenvalue weighted by Gasteiger charge is 2.26. The van der Waals surface area contributed by atoms with Crippen molar-refractivity contribution < 1.29 is 14.7 Å². The van der Waals surface area contributed by atoms with E-state index in [0.717, 1.165) is 19.3 Å². The largest absolute Gasteiger partial charge is 0.384 e. The van der Waals surface area contributed by atoms with Crippen molar-refractivity contribution in [2.24, 2.45) is 0 Å². The quantitative estimate of drug-likeness (QED) is 0.743. The van der Waals surface area contributed by atoms with Gasteiger partial charge in [-0.05, 0) is 26.2 Å². The number of amides is 2. The van der Waals surface area contributed by atoms with Crippen molar-refractivity contribution in [2.45, 2.75) is 51.7 Å². The standard InChI is InChI=1S/C12H22N2O3/c1-3-5-11(16)13-10-6-4-7-14(8-10)12(17)9(2)15/h9-10,15H,3-8H2,1-2H3,(H,13,16). The number of piperidine rings is 1. The zero-order valence-electron chi connectivity index (χ0n) is 10.6. The van der Waals surface area contributed by atoms with Gasteiger partial charge in [-0.2, -0.15) is 0 Å². The maximum atomic E-state index is 11.6. The molecule has 0 aromatic heterocycles. The van der Waals surface area contributed by atoms with Crippen LogP contribution in [0.4, 0.5) is 0 Å². The monoisotopic (exact) mass is 242 g/mol. The predicted octanol–water partition coefficient (Wildman–Crippen LogP) is 0.274. The van der Waals surface area contributed by atoms with Crippen molar-refractivity contribution in [1.82, 2.24) is 10.2 Å². The Morgan fingerprint density at radius 1 is 1.53 bits per heavy atom. The molecule has 0 aromatic carbocycles. The highest BCUT2D eigenvalue weighted by molar-refractivity contribution is 5.80. The van der Waals surface area contributed by atoms with Gasteiger partial charge in [0.05, 0.1) is 0 Å². The number of nitrogens with zero attached hydrogens (tertiary/aromatic N) is 1. The molecule has 2 amide bonds. The van der Waals surface area contributed by atoms with Crippen LogP contribution in [0.1, 0.15) is 39.5 Å². The van der Waals surface area contributed by atoms with E-state index in [0.29, 0.717) is 19.5 Å². The van der Waals surface area contributed by atoms with E-state index in [2.05, 4.69) is 5.32 Å². The fourth-order valence-electron chi connectivity index (χ4n) is 2.09. The Bertz CT molecular complexity index is 279. The summed E-state index contributed by atoms with van der Waals surface area (Å²) in [5, 5.41) is 12.2. The van der Waals surface area contributed by atoms with Crippen molar-refractivity contribution in [3.63, 3.8) is 0 Å². The maximum absolute atomic E-state index is 11.6. The summed E-state index contributed by atoms with van der Waals surface area (Å²) in [6.07, 6.45) is 2.17. The lowest BCUT2D eigenvalue weighted by molar-refractivity contribution is -0.141. The third kappa shape index (κ3) is 4.34. The minimum Gasteiger partial charge on any atom is -0.384 e. The minimum atomic E-state index is -0.958. The molecule has 1 rings (SSSR count). The second kappa shape index (κ2) is 6.59. The normalized spacial score (nSPS) is 22.1. The molecule has 5 heteroatoms. The van der Waals surface area contributed by atoms with Gasteiger partial charge in [-0.3, -0.25) is 9.59 Å². The number of aliphatic hydroxyl groups is 1. The number of carbonyl (C=O) groups is 2. The fraction of sp³-hybridized carbons (Fsp3) is 0.833. The van der Waals surface area contributed by atoms with Crippen molar-refractivity contribution in [3.05, 3.63) is 0 Å². The molecule has 1 saturated heterocycles. The van der Waals surface area contributed by atoms with Crippen LogP contribution < -0.4 is 5.32 Å². The average molecular weight is 242 g/mol. The van der Waals surface area contributed by atoms with E-state index >= 15 is 0 Å². The summed E-state index contributed by atoms with van der Waals surface area (Å²) < 4.78 is 0. The first-order chi connectivity index (χ1) is 8.04. The van der Waals surface area contributed by atoms with Crippen LogP contribution in [0.2, 0.25) is 0 Å². The number of nitrogens with one attached hydrogen (secondary N) is 1. The van der Waals surface area contributed by atoms with Crippen LogP contribution in [-0.2, 0) is 9.59 Å². The topological polar surface area (TPSA) is 69.6 Å². The molecule has 1 aliphatic heterocycles. The molecule has 0 aromatic rings. The molecule has 5 nitrogen and oxygen atoms in total. The Kier molecular flexibility index (Phi) is 5.41. The van der Waals surface area contributed by atoms with Crippen molar-refractivity contribution in [2.75, 3.05) is 13.1 Å². The summed E-state index contributed by atoms with van der Waals surface area (Å²) in [6, 6.07) is 0.0329. The van der Waals surface area contributed by atoms with Crippen molar-refractivity contribution >= 4 is 11.8 Å². The molecule has 2 atom stereocenters. The van der Waals surface area contributed by atoms with Crippen LogP contribution in [0.15, 0.2) is 0 Å². The molecule has 0 bridgehead atoms. The molecule has 1 fully saturated rings. The van der Waals surface area contributed by atoms with Crippen LogP contribution in [0.3, 0.4) is 0 Å². The third-order valence-corrected chi connectivity index (χ3v) is 2.93. The number of hydrogen-bond acceptors (Lipinski definition) is 3. The highest BCUT2D eigenvalue weighted by atomic mass is 16.3. The summed E-state index contributed by atoms with van der Waals surface area (Å²) in [7, 11) is 0. The smallest absolute Gasteiger partial charge is 0.251 e. The lowest BCUT2D eigenvalue weighted by atomic mass is 10.0. The SMILES string of the molecule is CCCC(=O)NC1CCCN(C(=O)C(C)O)C1. The zero-order chi connectivity index (χ0) is 12.8. The number of hydrogen-bond donors (Lipinski definition) is 2. The van der Waals surface area contributed by atoms with E-state index in [-0.39, 0.29) is 17.9 Å². The molecule has 2 unspecified atom stereocenters. The van der Waals surface area contributed by atoms with Gasteiger partial charge in [-0.15, -0.1) is 0 Å². The van der Waals surface area contributed by atoms with Crippen LogP contribution in [-0.4, -0.2) is 47.1 Å². The Hall–Kier alpha value is -1.10. The molecule has 0 saturated carbocycles. The van der Waals surface area contributed by atoms with Gasteiger partial charge in [0.15, 0.2) is 0 Å². The first-order valence-electron chi connectivity index (χ1n) is 6.30. The predicted molar refractivity (Wildman–Crippen MR) is 64.3 cm³/mol. The zero-order valence-corrected chi connectivity index (χ0v) is 10.6. The first kappa shape index (κ1) is 14.0. The van der Waals surface area contributed by atoms with E-state index in [4.69, 9.17) is 0 Å². The van der Waals surface area contributed by atoms with Crippen molar-refractivity contribution in [3.8, 4) is 0 Å². The van der Waals surface area contributed by atoms with E-state index in [1.807, 2.05) is 6.92 Å². The molecule has 98 valence electrons. The minimum absolute atomic E-state index is 0.0329. The van der Waals surface area contributed by atoms with Crippen LogP contribution >= 0.6 is 0 Å². The molecular weight excluding hydrogens is 220 g/mol. The van der Waals surface area contributed by atoms with Crippen LogP contribution in [0, 0.1) is 0 Å². The van der Waals surface area contributed by atoms with E-state index in [1.165, 1.54) is 6.92 Å². The lowest BCUT2D eigenvalue weighted by Gasteiger charge is -2.33. The summed E-state index contributed by atoms with van der Waals surface area (Å²) in [4.78, 5) is 24.7. The van der Waals surface area contributed by atoms with E-state index in [1.54, 1.807) is 4.90 Å². The van der Waals surface area contributed by atoms with Crippen LogP contribution in [0.5, 0.6) is 0 Å². The van der Waals surface area contributed by atoms with Gasteiger partial charge in [-0.25, -0.2) is 0 Å². The van der Waals surface area contributed by atoms with Crippen LogP contribution in [0.25, 0.3) is 0 Å². The average Bonchev–Trinajstić information content (AvgIpc) is 2.28. The van der Waals surface area contributed by atoms with Gasteiger partial charge in [0, 0.05) is 25.6 Å². The summed E-state index contributed by atoms with van der Waals surface area (Å²) in [5.41, 5.74) is 0. The fourth-order valence-corrected chi connectivity index (χ4v) is 2.09. The Morgan fingerprint density at radius 3 is 2.82 bits per heavy atom. The Morgan fingerprint density at radius 2 is 2.24 bits per heavy atom.